The second-order valence-corrected chi connectivity index (χ2v) is 6.44. The van der Waals surface area contributed by atoms with Crippen LogP contribution in [-0.4, -0.2) is 29.3 Å². The lowest BCUT2D eigenvalue weighted by molar-refractivity contribution is -0.122. The molecule has 4 nitrogen and oxygen atoms in total. The highest BCUT2D eigenvalue weighted by molar-refractivity contribution is 6.15. The summed E-state index contributed by atoms with van der Waals surface area (Å²) in [5.41, 5.74) is 4.73. The molecule has 1 fully saturated rings. The number of fused-ring (bicyclic) bond motifs is 3. The summed E-state index contributed by atoms with van der Waals surface area (Å²) in [6.07, 6.45) is 1.67. The quantitative estimate of drug-likeness (QED) is 0.751. The second-order valence-electron chi connectivity index (χ2n) is 6.44. The largest absolute Gasteiger partial charge is 0.327 e. The molecule has 0 bridgehead atoms. The highest BCUT2D eigenvalue weighted by atomic mass is 16.2. The summed E-state index contributed by atoms with van der Waals surface area (Å²) in [5.74, 6) is 0.0659. The molecule has 0 spiro atoms. The third-order valence-electron chi connectivity index (χ3n) is 5.24. The van der Waals surface area contributed by atoms with E-state index < -0.39 is 0 Å². The molecule has 3 aliphatic heterocycles. The van der Waals surface area contributed by atoms with Crippen LogP contribution in [0.2, 0.25) is 0 Å². The molecule has 4 heteroatoms. The zero-order chi connectivity index (χ0) is 15.6. The van der Waals surface area contributed by atoms with Crippen LogP contribution in [0.15, 0.2) is 42.5 Å². The van der Waals surface area contributed by atoms with Gasteiger partial charge in [0, 0.05) is 12.1 Å². The van der Waals surface area contributed by atoms with Gasteiger partial charge in [0.2, 0.25) is 5.91 Å². The van der Waals surface area contributed by atoms with E-state index in [-0.39, 0.29) is 17.9 Å². The van der Waals surface area contributed by atoms with Gasteiger partial charge in [-0.3, -0.25) is 9.59 Å². The summed E-state index contributed by atoms with van der Waals surface area (Å²) in [6.45, 7) is 1.23. The second kappa shape index (κ2) is 4.44. The van der Waals surface area contributed by atoms with E-state index in [2.05, 4.69) is 12.1 Å². The summed E-state index contributed by atoms with van der Waals surface area (Å²) >= 11 is 0. The Hall–Kier alpha value is -2.62. The summed E-state index contributed by atoms with van der Waals surface area (Å²) in [7, 11) is 0. The van der Waals surface area contributed by atoms with Crippen molar-refractivity contribution in [1.82, 2.24) is 4.90 Å². The molecule has 5 rings (SSSR count). The molecule has 23 heavy (non-hydrogen) atoms. The number of carbonyl (C=O) groups is 2. The van der Waals surface area contributed by atoms with Crippen LogP contribution in [-0.2, 0) is 11.3 Å². The molecule has 0 unspecified atom stereocenters. The number of anilines is 1. The van der Waals surface area contributed by atoms with Gasteiger partial charge in [-0.2, -0.15) is 0 Å². The molecular formula is C19H16N2O2. The van der Waals surface area contributed by atoms with Gasteiger partial charge in [-0.25, -0.2) is 0 Å². The summed E-state index contributed by atoms with van der Waals surface area (Å²) in [4.78, 5) is 29.7. The highest BCUT2D eigenvalue weighted by Crippen LogP contribution is 2.44. The third kappa shape index (κ3) is 1.61. The van der Waals surface area contributed by atoms with Crippen molar-refractivity contribution in [2.75, 3.05) is 11.4 Å². The lowest BCUT2D eigenvalue weighted by Gasteiger charge is -2.32. The molecule has 114 valence electrons. The third-order valence-corrected chi connectivity index (χ3v) is 5.24. The minimum Gasteiger partial charge on any atom is -0.327 e. The average molecular weight is 304 g/mol. The number of para-hydroxylation sites is 1. The predicted molar refractivity (Wildman–Crippen MR) is 87.1 cm³/mol. The maximum atomic E-state index is 13.1. The van der Waals surface area contributed by atoms with Gasteiger partial charge >= 0.3 is 0 Å². The van der Waals surface area contributed by atoms with Gasteiger partial charge in [-0.05, 0) is 30.0 Å². The Balaban J connectivity index is 1.81. The van der Waals surface area contributed by atoms with Gasteiger partial charge in [-0.15, -0.1) is 0 Å². The van der Waals surface area contributed by atoms with Crippen LogP contribution < -0.4 is 4.90 Å². The molecule has 3 heterocycles. The molecule has 1 atom stereocenters. The Morgan fingerprint density at radius 2 is 1.70 bits per heavy atom. The van der Waals surface area contributed by atoms with Crippen LogP contribution in [0.1, 0.15) is 28.8 Å². The van der Waals surface area contributed by atoms with Crippen LogP contribution in [0.4, 0.5) is 5.69 Å². The highest BCUT2D eigenvalue weighted by Gasteiger charge is 2.44. The molecule has 2 aromatic carbocycles. The Morgan fingerprint density at radius 1 is 0.913 bits per heavy atom. The number of hydrogen-bond acceptors (Lipinski definition) is 2. The molecule has 0 aromatic heterocycles. The SMILES string of the molecule is O=C1[C@H]2CCCN2C(=O)c2cccc3c2N1Cc1ccccc1-3. The number of amides is 2. The topological polar surface area (TPSA) is 40.6 Å². The Morgan fingerprint density at radius 3 is 2.61 bits per heavy atom. The van der Waals surface area contributed by atoms with E-state index >= 15 is 0 Å². The van der Waals surface area contributed by atoms with E-state index in [1.165, 1.54) is 0 Å². The van der Waals surface area contributed by atoms with E-state index in [0.717, 1.165) is 35.2 Å². The van der Waals surface area contributed by atoms with Crippen molar-refractivity contribution in [3.8, 4) is 11.1 Å². The lowest BCUT2D eigenvalue weighted by atomic mass is 9.91. The van der Waals surface area contributed by atoms with Crippen molar-refractivity contribution in [3.63, 3.8) is 0 Å². The van der Waals surface area contributed by atoms with E-state index in [4.69, 9.17) is 0 Å². The number of nitrogens with zero attached hydrogens (tertiary/aromatic N) is 2. The molecule has 3 aliphatic rings. The zero-order valence-electron chi connectivity index (χ0n) is 12.7. The van der Waals surface area contributed by atoms with Crippen LogP contribution in [0.25, 0.3) is 11.1 Å². The van der Waals surface area contributed by atoms with Crippen LogP contribution in [0.5, 0.6) is 0 Å². The van der Waals surface area contributed by atoms with Crippen molar-refractivity contribution in [2.45, 2.75) is 25.4 Å². The van der Waals surface area contributed by atoms with Gasteiger partial charge in [0.25, 0.3) is 5.91 Å². The molecular weight excluding hydrogens is 288 g/mol. The molecule has 0 saturated carbocycles. The predicted octanol–water partition coefficient (Wildman–Crippen LogP) is 2.82. The summed E-state index contributed by atoms with van der Waals surface area (Å²) in [5, 5.41) is 0. The smallest absolute Gasteiger partial charge is 0.256 e. The van der Waals surface area contributed by atoms with Gasteiger partial charge < -0.3 is 9.80 Å². The zero-order valence-corrected chi connectivity index (χ0v) is 12.7. The Labute approximate surface area is 134 Å². The maximum absolute atomic E-state index is 13.1. The Bertz CT molecular complexity index is 858. The summed E-state index contributed by atoms with van der Waals surface area (Å²) < 4.78 is 0. The van der Waals surface area contributed by atoms with Crippen LogP contribution in [0.3, 0.4) is 0 Å². The normalized spacial score (nSPS) is 21.7. The van der Waals surface area contributed by atoms with Crippen LogP contribution >= 0.6 is 0 Å². The number of hydrogen-bond donors (Lipinski definition) is 0. The van der Waals surface area contributed by atoms with Gasteiger partial charge in [0.15, 0.2) is 0 Å². The molecule has 2 aromatic rings. The first-order valence-electron chi connectivity index (χ1n) is 8.09. The molecule has 0 aliphatic carbocycles. The number of benzene rings is 2. The monoisotopic (exact) mass is 304 g/mol. The van der Waals surface area contributed by atoms with Crippen molar-refractivity contribution in [1.29, 1.82) is 0 Å². The average Bonchev–Trinajstić information content (AvgIpc) is 3.06. The number of carbonyl (C=O) groups excluding carboxylic acids is 2. The van der Waals surface area contributed by atoms with Crippen LogP contribution in [0, 0.1) is 0 Å². The van der Waals surface area contributed by atoms with Crippen molar-refractivity contribution < 1.29 is 9.59 Å². The lowest BCUT2D eigenvalue weighted by Crippen LogP contribution is -2.45. The van der Waals surface area contributed by atoms with E-state index in [1.54, 1.807) is 4.90 Å². The first kappa shape index (κ1) is 12.9. The van der Waals surface area contributed by atoms with Gasteiger partial charge in [0.1, 0.15) is 6.04 Å². The van der Waals surface area contributed by atoms with Gasteiger partial charge in [-0.1, -0.05) is 36.4 Å². The van der Waals surface area contributed by atoms with Crippen molar-refractivity contribution in [3.05, 3.63) is 53.6 Å². The number of rotatable bonds is 0. The van der Waals surface area contributed by atoms with E-state index in [9.17, 15) is 9.59 Å². The minimum atomic E-state index is -0.298. The standard InChI is InChI=1S/C19H16N2O2/c22-18-15-8-3-7-14-13-6-2-1-5-12(13)11-21(17(14)15)19(23)16-9-4-10-20(16)18/h1-3,5-8,16H,4,9-11H2/t16-/m1/s1. The first-order chi connectivity index (χ1) is 11.3. The van der Waals surface area contributed by atoms with Gasteiger partial charge in [0.05, 0.1) is 17.8 Å². The molecule has 2 amide bonds. The van der Waals surface area contributed by atoms with Crippen molar-refractivity contribution >= 4 is 17.5 Å². The molecule has 0 radical (unpaired) electrons. The van der Waals surface area contributed by atoms with E-state index in [0.29, 0.717) is 18.7 Å². The Kier molecular flexibility index (Phi) is 2.49. The fourth-order valence-electron chi connectivity index (χ4n) is 4.18. The minimum absolute atomic E-state index is 0.000388. The summed E-state index contributed by atoms with van der Waals surface area (Å²) in [6, 6.07) is 13.6. The fourth-order valence-corrected chi connectivity index (χ4v) is 4.18. The van der Waals surface area contributed by atoms with Crippen molar-refractivity contribution in [2.24, 2.45) is 0 Å². The maximum Gasteiger partial charge on any atom is 0.256 e. The van der Waals surface area contributed by atoms with E-state index in [1.807, 2.05) is 35.2 Å². The fraction of sp³-hybridized carbons (Fsp3) is 0.263. The molecule has 0 N–H and O–H groups in total. The molecule has 1 saturated heterocycles. The first-order valence-corrected chi connectivity index (χ1v) is 8.09.